The second kappa shape index (κ2) is 5.84. The third-order valence-electron chi connectivity index (χ3n) is 2.79. The Kier molecular flexibility index (Phi) is 4.16. The molecule has 1 heterocycles. The fourth-order valence-corrected chi connectivity index (χ4v) is 1.70. The van der Waals surface area contributed by atoms with E-state index in [0.29, 0.717) is 10.7 Å². The lowest BCUT2D eigenvalue weighted by Crippen LogP contribution is -2.32. The van der Waals surface area contributed by atoms with Crippen LogP contribution in [0.15, 0.2) is 30.5 Å². The second-order valence-corrected chi connectivity index (χ2v) is 4.75. The maximum Gasteiger partial charge on any atom is 0.273 e. The van der Waals surface area contributed by atoms with Gasteiger partial charge in [0.2, 0.25) is 0 Å². The van der Waals surface area contributed by atoms with Crippen LogP contribution in [0, 0.1) is 0 Å². The molecule has 2 rings (SSSR count). The molecule has 1 aromatic carbocycles. The van der Waals surface area contributed by atoms with Crippen molar-refractivity contribution in [3.8, 4) is 5.69 Å². The highest BCUT2D eigenvalue weighted by molar-refractivity contribution is 6.30. The predicted octanol–water partition coefficient (Wildman–Crippen LogP) is 2.45. The fourth-order valence-electron chi connectivity index (χ4n) is 1.51. The molecule has 100 valence electrons. The summed E-state index contributed by atoms with van der Waals surface area (Å²) in [6.45, 7) is 3.95. The Morgan fingerprint density at radius 3 is 3.00 bits per heavy atom. The fraction of sp³-hybridized carbons (Fsp3) is 0.308. The molecule has 1 N–H and O–H groups in total. The summed E-state index contributed by atoms with van der Waals surface area (Å²) in [4.78, 5) is 11.9. The third-order valence-corrected chi connectivity index (χ3v) is 3.02. The first-order chi connectivity index (χ1) is 9.10. The minimum atomic E-state index is -0.220. The van der Waals surface area contributed by atoms with Gasteiger partial charge in [0, 0.05) is 11.1 Å². The number of amides is 1. The van der Waals surface area contributed by atoms with Crippen molar-refractivity contribution in [2.75, 3.05) is 0 Å². The first kappa shape index (κ1) is 13.5. The second-order valence-electron chi connectivity index (χ2n) is 4.31. The smallest absolute Gasteiger partial charge is 0.273 e. The van der Waals surface area contributed by atoms with Crippen LogP contribution in [-0.2, 0) is 0 Å². The monoisotopic (exact) mass is 278 g/mol. The van der Waals surface area contributed by atoms with Crippen molar-refractivity contribution in [2.45, 2.75) is 26.3 Å². The highest BCUT2D eigenvalue weighted by Gasteiger charge is 2.13. The molecular weight excluding hydrogens is 264 g/mol. The summed E-state index contributed by atoms with van der Waals surface area (Å²) in [6.07, 6.45) is 2.46. The van der Waals surface area contributed by atoms with Gasteiger partial charge in [0.25, 0.3) is 5.91 Å². The summed E-state index contributed by atoms with van der Waals surface area (Å²) < 4.78 is 1.53. The normalized spacial score (nSPS) is 12.2. The van der Waals surface area contributed by atoms with Crippen molar-refractivity contribution in [1.29, 1.82) is 0 Å². The number of halogens is 1. The van der Waals surface area contributed by atoms with Crippen LogP contribution in [0.3, 0.4) is 0 Å². The van der Waals surface area contributed by atoms with Crippen LogP contribution in [0.4, 0.5) is 0 Å². The van der Waals surface area contributed by atoms with Crippen molar-refractivity contribution >= 4 is 17.5 Å². The van der Waals surface area contributed by atoms with E-state index < -0.39 is 0 Å². The van der Waals surface area contributed by atoms with Gasteiger partial charge in [-0.3, -0.25) is 4.79 Å². The molecule has 19 heavy (non-hydrogen) atoms. The van der Waals surface area contributed by atoms with E-state index in [2.05, 4.69) is 15.6 Å². The van der Waals surface area contributed by atoms with Crippen molar-refractivity contribution in [3.05, 3.63) is 41.2 Å². The molecule has 0 spiro atoms. The minimum absolute atomic E-state index is 0.115. The van der Waals surface area contributed by atoms with E-state index in [9.17, 15) is 4.79 Å². The van der Waals surface area contributed by atoms with E-state index in [1.54, 1.807) is 18.3 Å². The van der Waals surface area contributed by atoms with Gasteiger partial charge in [-0.2, -0.15) is 0 Å². The molecule has 0 radical (unpaired) electrons. The molecule has 5 nitrogen and oxygen atoms in total. The van der Waals surface area contributed by atoms with Crippen molar-refractivity contribution in [3.63, 3.8) is 0 Å². The summed E-state index contributed by atoms with van der Waals surface area (Å²) in [7, 11) is 0. The van der Waals surface area contributed by atoms with E-state index in [1.807, 2.05) is 26.0 Å². The molecule has 0 fully saturated rings. The first-order valence-corrected chi connectivity index (χ1v) is 6.47. The molecule has 0 saturated heterocycles. The number of aromatic nitrogens is 3. The zero-order valence-corrected chi connectivity index (χ0v) is 11.6. The van der Waals surface area contributed by atoms with Crippen LogP contribution >= 0.6 is 11.6 Å². The topological polar surface area (TPSA) is 59.8 Å². The summed E-state index contributed by atoms with van der Waals surface area (Å²) in [5.41, 5.74) is 1.06. The Hall–Kier alpha value is -1.88. The van der Waals surface area contributed by atoms with Crippen LogP contribution < -0.4 is 5.32 Å². The average Bonchev–Trinajstić information content (AvgIpc) is 2.88. The Balaban J connectivity index is 2.17. The van der Waals surface area contributed by atoms with E-state index in [0.717, 1.165) is 12.1 Å². The van der Waals surface area contributed by atoms with Gasteiger partial charge in [0.15, 0.2) is 5.69 Å². The molecule has 0 unspecified atom stereocenters. The lowest BCUT2D eigenvalue weighted by Gasteiger charge is -2.08. The Morgan fingerprint density at radius 1 is 1.53 bits per heavy atom. The van der Waals surface area contributed by atoms with Gasteiger partial charge in [0.1, 0.15) is 0 Å². The maximum atomic E-state index is 11.9. The van der Waals surface area contributed by atoms with Crippen LogP contribution in [0.2, 0.25) is 5.02 Å². The first-order valence-electron chi connectivity index (χ1n) is 6.09. The zero-order chi connectivity index (χ0) is 13.8. The number of rotatable bonds is 4. The number of nitrogens with zero attached hydrogens (tertiary/aromatic N) is 3. The molecule has 1 aromatic heterocycles. The maximum absolute atomic E-state index is 11.9. The molecule has 2 aromatic rings. The molecule has 0 aliphatic rings. The standard InChI is InChI=1S/C13H15ClN4O/c1-3-9(2)15-13(19)12-8-18(17-16-12)11-6-4-5-10(14)7-11/h4-9H,3H2,1-2H3,(H,15,19)/t9-/m0/s1. The average molecular weight is 279 g/mol. The molecule has 0 aliphatic carbocycles. The van der Waals surface area contributed by atoms with E-state index in [1.165, 1.54) is 4.68 Å². The SMILES string of the molecule is CC[C@H](C)NC(=O)c1cn(-c2cccc(Cl)c2)nn1. The third kappa shape index (κ3) is 3.32. The van der Waals surface area contributed by atoms with Gasteiger partial charge >= 0.3 is 0 Å². The largest absolute Gasteiger partial charge is 0.348 e. The highest BCUT2D eigenvalue weighted by atomic mass is 35.5. The van der Waals surface area contributed by atoms with Gasteiger partial charge in [-0.05, 0) is 31.5 Å². The van der Waals surface area contributed by atoms with Crippen molar-refractivity contribution in [2.24, 2.45) is 0 Å². The number of hydrogen-bond donors (Lipinski definition) is 1. The van der Waals surface area contributed by atoms with Gasteiger partial charge < -0.3 is 5.32 Å². The quantitative estimate of drug-likeness (QED) is 0.934. The summed E-state index contributed by atoms with van der Waals surface area (Å²) in [5, 5.41) is 11.2. The van der Waals surface area contributed by atoms with Crippen molar-refractivity contribution < 1.29 is 4.79 Å². The van der Waals surface area contributed by atoms with Gasteiger partial charge in [-0.15, -0.1) is 5.10 Å². The number of hydrogen-bond acceptors (Lipinski definition) is 3. The van der Waals surface area contributed by atoms with Crippen LogP contribution in [-0.4, -0.2) is 26.9 Å². The summed E-state index contributed by atoms with van der Waals surface area (Å²) >= 11 is 5.91. The Bertz CT molecular complexity index is 582. The Labute approximate surface area is 116 Å². The zero-order valence-electron chi connectivity index (χ0n) is 10.8. The molecular formula is C13H15ClN4O. The van der Waals surface area contributed by atoms with Crippen LogP contribution in [0.25, 0.3) is 5.69 Å². The minimum Gasteiger partial charge on any atom is -0.348 e. The molecule has 1 amide bonds. The van der Waals surface area contributed by atoms with Gasteiger partial charge in [-0.1, -0.05) is 29.8 Å². The predicted molar refractivity (Wildman–Crippen MR) is 73.6 cm³/mol. The molecule has 0 saturated carbocycles. The van der Waals surface area contributed by atoms with Gasteiger partial charge in [-0.25, -0.2) is 4.68 Å². The number of carbonyl (C=O) groups excluding carboxylic acids is 1. The van der Waals surface area contributed by atoms with Crippen LogP contribution in [0.1, 0.15) is 30.8 Å². The number of carbonyl (C=O) groups is 1. The molecule has 6 heteroatoms. The van der Waals surface area contributed by atoms with E-state index in [4.69, 9.17) is 11.6 Å². The van der Waals surface area contributed by atoms with E-state index >= 15 is 0 Å². The van der Waals surface area contributed by atoms with Gasteiger partial charge in [0.05, 0.1) is 11.9 Å². The summed E-state index contributed by atoms with van der Waals surface area (Å²) in [5.74, 6) is -0.220. The van der Waals surface area contributed by atoms with E-state index in [-0.39, 0.29) is 11.9 Å². The summed E-state index contributed by atoms with van der Waals surface area (Å²) in [6, 6.07) is 7.31. The molecule has 0 aliphatic heterocycles. The van der Waals surface area contributed by atoms with Crippen molar-refractivity contribution in [1.82, 2.24) is 20.3 Å². The lowest BCUT2D eigenvalue weighted by atomic mass is 10.2. The molecule has 1 atom stereocenters. The molecule has 0 bridgehead atoms. The number of benzene rings is 1. The lowest BCUT2D eigenvalue weighted by molar-refractivity contribution is 0.0934. The highest BCUT2D eigenvalue weighted by Crippen LogP contribution is 2.13. The Morgan fingerprint density at radius 2 is 2.32 bits per heavy atom. The number of nitrogens with one attached hydrogen (secondary N) is 1. The van der Waals surface area contributed by atoms with Crippen LogP contribution in [0.5, 0.6) is 0 Å².